The van der Waals surface area contributed by atoms with Crippen molar-refractivity contribution in [1.82, 2.24) is 5.32 Å². The van der Waals surface area contributed by atoms with Crippen LogP contribution in [0.2, 0.25) is 0 Å². The summed E-state index contributed by atoms with van der Waals surface area (Å²) < 4.78 is 6.65. The number of halogens is 1. The lowest BCUT2D eigenvalue weighted by Crippen LogP contribution is -2.37. The summed E-state index contributed by atoms with van der Waals surface area (Å²) in [7, 11) is 0. The van der Waals surface area contributed by atoms with Gasteiger partial charge in [0.1, 0.15) is 5.75 Å². The van der Waals surface area contributed by atoms with Crippen LogP contribution in [0.5, 0.6) is 5.75 Å². The molecule has 0 aliphatic heterocycles. The molecule has 3 nitrogen and oxygen atoms in total. The fourth-order valence-electron chi connectivity index (χ4n) is 2.22. The molecule has 0 fully saturated rings. The second kappa shape index (κ2) is 7.64. The molecule has 0 spiro atoms. The van der Waals surface area contributed by atoms with Crippen LogP contribution in [0, 0.1) is 13.8 Å². The van der Waals surface area contributed by atoms with E-state index in [4.69, 9.17) is 4.74 Å². The molecule has 2 aromatic rings. The topological polar surface area (TPSA) is 38.3 Å². The molecule has 0 bridgehead atoms. The third-order valence-corrected chi connectivity index (χ3v) is 4.41. The van der Waals surface area contributed by atoms with E-state index in [2.05, 4.69) is 47.2 Å². The van der Waals surface area contributed by atoms with Crippen LogP contribution in [0.1, 0.15) is 36.6 Å². The van der Waals surface area contributed by atoms with Crippen molar-refractivity contribution in [3.05, 3.63) is 63.6 Å². The van der Waals surface area contributed by atoms with Gasteiger partial charge >= 0.3 is 0 Å². The molecule has 0 saturated heterocycles. The molecule has 0 aliphatic carbocycles. The van der Waals surface area contributed by atoms with Crippen molar-refractivity contribution < 1.29 is 9.53 Å². The maximum absolute atomic E-state index is 12.3. The van der Waals surface area contributed by atoms with E-state index in [9.17, 15) is 4.79 Å². The van der Waals surface area contributed by atoms with Gasteiger partial charge in [0.15, 0.2) is 6.10 Å². The Morgan fingerprint density at radius 3 is 2.30 bits per heavy atom. The lowest BCUT2D eigenvalue weighted by atomic mass is 10.0. The van der Waals surface area contributed by atoms with E-state index < -0.39 is 6.10 Å². The van der Waals surface area contributed by atoms with Crippen LogP contribution in [0.15, 0.2) is 46.9 Å². The molecule has 2 aromatic carbocycles. The van der Waals surface area contributed by atoms with Crippen LogP contribution in [0.3, 0.4) is 0 Å². The number of aryl methyl sites for hydroxylation is 2. The van der Waals surface area contributed by atoms with E-state index in [1.807, 2.05) is 37.3 Å². The van der Waals surface area contributed by atoms with Gasteiger partial charge in [-0.05, 0) is 68.7 Å². The first-order valence-corrected chi connectivity index (χ1v) is 8.46. The first-order chi connectivity index (χ1) is 10.9. The predicted molar refractivity (Wildman–Crippen MR) is 96.7 cm³/mol. The van der Waals surface area contributed by atoms with Crippen molar-refractivity contribution in [3.8, 4) is 5.75 Å². The standard InChI is InChI=1S/C19H22BrNO2/c1-12-5-6-16(11-13(12)2)14(3)21-19(22)15(4)23-18-9-7-17(20)8-10-18/h5-11,14-15H,1-4H3,(H,21,22). The number of nitrogens with one attached hydrogen (secondary N) is 1. The van der Waals surface area contributed by atoms with E-state index in [0.29, 0.717) is 5.75 Å². The quantitative estimate of drug-likeness (QED) is 0.821. The molecule has 2 rings (SSSR count). The smallest absolute Gasteiger partial charge is 0.261 e. The molecular weight excluding hydrogens is 354 g/mol. The van der Waals surface area contributed by atoms with E-state index >= 15 is 0 Å². The molecule has 0 radical (unpaired) electrons. The van der Waals surface area contributed by atoms with Gasteiger partial charge in [-0.25, -0.2) is 0 Å². The normalized spacial score (nSPS) is 13.3. The highest BCUT2D eigenvalue weighted by molar-refractivity contribution is 9.10. The largest absolute Gasteiger partial charge is 0.481 e. The van der Waals surface area contributed by atoms with Gasteiger partial charge in [-0.15, -0.1) is 0 Å². The molecule has 122 valence electrons. The Morgan fingerprint density at radius 2 is 1.70 bits per heavy atom. The number of carbonyl (C=O) groups is 1. The van der Waals surface area contributed by atoms with Gasteiger partial charge in [0.25, 0.3) is 5.91 Å². The van der Waals surface area contributed by atoms with Crippen molar-refractivity contribution in [2.75, 3.05) is 0 Å². The van der Waals surface area contributed by atoms with Crippen LogP contribution in [0.25, 0.3) is 0 Å². The van der Waals surface area contributed by atoms with Crippen LogP contribution in [-0.4, -0.2) is 12.0 Å². The minimum Gasteiger partial charge on any atom is -0.481 e. The van der Waals surface area contributed by atoms with Crippen LogP contribution < -0.4 is 10.1 Å². The number of hydrogen-bond acceptors (Lipinski definition) is 2. The number of rotatable bonds is 5. The Kier molecular flexibility index (Phi) is 5.83. The van der Waals surface area contributed by atoms with E-state index in [1.165, 1.54) is 11.1 Å². The summed E-state index contributed by atoms with van der Waals surface area (Å²) >= 11 is 3.38. The zero-order chi connectivity index (χ0) is 17.0. The summed E-state index contributed by atoms with van der Waals surface area (Å²) in [6, 6.07) is 13.6. The van der Waals surface area contributed by atoms with E-state index in [1.54, 1.807) is 6.92 Å². The molecule has 0 aromatic heterocycles. The van der Waals surface area contributed by atoms with Crippen molar-refractivity contribution >= 4 is 21.8 Å². The number of hydrogen-bond donors (Lipinski definition) is 1. The molecule has 1 amide bonds. The highest BCUT2D eigenvalue weighted by atomic mass is 79.9. The third kappa shape index (κ3) is 4.83. The third-order valence-electron chi connectivity index (χ3n) is 3.89. The molecule has 0 heterocycles. The summed E-state index contributed by atoms with van der Waals surface area (Å²) in [4.78, 5) is 12.3. The highest BCUT2D eigenvalue weighted by Gasteiger charge is 2.18. The lowest BCUT2D eigenvalue weighted by Gasteiger charge is -2.19. The first-order valence-electron chi connectivity index (χ1n) is 7.66. The first kappa shape index (κ1) is 17.5. The number of ether oxygens (including phenoxy) is 1. The fourth-order valence-corrected chi connectivity index (χ4v) is 2.48. The zero-order valence-corrected chi connectivity index (χ0v) is 15.5. The number of benzene rings is 2. The highest BCUT2D eigenvalue weighted by Crippen LogP contribution is 2.19. The molecule has 4 heteroatoms. The molecule has 23 heavy (non-hydrogen) atoms. The van der Waals surface area contributed by atoms with Crippen molar-refractivity contribution in [2.45, 2.75) is 39.8 Å². The Morgan fingerprint density at radius 1 is 1.04 bits per heavy atom. The minimum absolute atomic E-state index is 0.0576. The van der Waals surface area contributed by atoms with Gasteiger partial charge in [-0.3, -0.25) is 4.79 Å². The Balaban J connectivity index is 1.96. The summed E-state index contributed by atoms with van der Waals surface area (Å²) in [5.41, 5.74) is 3.57. The monoisotopic (exact) mass is 375 g/mol. The lowest BCUT2D eigenvalue weighted by molar-refractivity contribution is -0.127. The van der Waals surface area contributed by atoms with Crippen molar-refractivity contribution in [1.29, 1.82) is 0 Å². The second-order valence-corrected chi connectivity index (χ2v) is 6.70. The van der Waals surface area contributed by atoms with Gasteiger partial charge in [-0.1, -0.05) is 34.1 Å². The zero-order valence-electron chi connectivity index (χ0n) is 13.9. The van der Waals surface area contributed by atoms with Crippen LogP contribution in [0.4, 0.5) is 0 Å². The van der Waals surface area contributed by atoms with E-state index in [0.717, 1.165) is 10.0 Å². The molecule has 2 unspecified atom stereocenters. The Hall–Kier alpha value is -1.81. The van der Waals surface area contributed by atoms with Gasteiger partial charge in [-0.2, -0.15) is 0 Å². The van der Waals surface area contributed by atoms with Gasteiger partial charge in [0, 0.05) is 4.47 Å². The van der Waals surface area contributed by atoms with Gasteiger partial charge in [0.05, 0.1) is 6.04 Å². The van der Waals surface area contributed by atoms with Gasteiger partial charge in [0.2, 0.25) is 0 Å². The average molecular weight is 376 g/mol. The molecule has 0 saturated carbocycles. The van der Waals surface area contributed by atoms with Crippen molar-refractivity contribution in [2.24, 2.45) is 0 Å². The summed E-state index contributed by atoms with van der Waals surface area (Å²) in [6.07, 6.45) is -0.551. The minimum atomic E-state index is -0.551. The maximum Gasteiger partial charge on any atom is 0.261 e. The summed E-state index contributed by atoms with van der Waals surface area (Å²) in [5.74, 6) is 0.549. The molecule has 1 N–H and O–H groups in total. The number of amides is 1. The maximum atomic E-state index is 12.3. The van der Waals surface area contributed by atoms with Gasteiger partial charge < -0.3 is 10.1 Å². The van der Waals surface area contributed by atoms with Crippen molar-refractivity contribution in [3.63, 3.8) is 0 Å². The molecule has 0 aliphatic rings. The summed E-state index contributed by atoms with van der Waals surface area (Å²) in [5, 5.41) is 3.00. The fraction of sp³-hybridized carbons (Fsp3) is 0.316. The predicted octanol–water partition coefficient (Wildman–Crippen LogP) is 4.71. The SMILES string of the molecule is Cc1ccc(C(C)NC(=O)C(C)Oc2ccc(Br)cc2)cc1C. The Bertz CT molecular complexity index is 682. The Labute approximate surface area is 146 Å². The van der Waals surface area contributed by atoms with Crippen LogP contribution >= 0.6 is 15.9 Å². The average Bonchev–Trinajstić information content (AvgIpc) is 2.52. The van der Waals surface area contributed by atoms with Crippen LogP contribution in [-0.2, 0) is 4.79 Å². The molecule has 2 atom stereocenters. The van der Waals surface area contributed by atoms with E-state index in [-0.39, 0.29) is 11.9 Å². The molecular formula is C19H22BrNO2. The second-order valence-electron chi connectivity index (χ2n) is 5.79. The number of carbonyl (C=O) groups excluding carboxylic acids is 1. The summed E-state index contributed by atoms with van der Waals surface area (Å²) in [6.45, 7) is 7.89.